The molecule has 2 heterocycles. The van der Waals surface area contributed by atoms with Crippen LogP contribution in [0.4, 0.5) is 0 Å². The normalized spacial score (nSPS) is 23.2. The Bertz CT molecular complexity index is 548. The third-order valence-corrected chi connectivity index (χ3v) is 4.25. The minimum Gasteiger partial charge on any atom is -0.458 e. The van der Waals surface area contributed by atoms with E-state index in [-0.39, 0.29) is 0 Å². The SMILES string of the molecule is CN1CCN(C)C(CC(O)c2cc3ccccc3o2)C1. The Morgan fingerprint density at radius 1 is 1.30 bits per heavy atom. The molecule has 2 aromatic rings. The van der Waals surface area contributed by atoms with Gasteiger partial charge in [0, 0.05) is 31.1 Å². The number of likely N-dealkylation sites (N-methyl/N-ethyl adjacent to an activating group) is 2. The number of benzene rings is 1. The van der Waals surface area contributed by atoms with Gasteiger partial charge in [0.25, 0.3) is 0 Å². The molecule has 1 aromatic heterocycles. The predicted molar refractivity (Wildman–Crippen MR) is 79.7 cm³/mol. The molecule has 0 spiro atoms. The van der Waals surface area contributed by atoms with Crippen LogP contribution in [0.5, 0.6) is 0 Å². The molecule has 0 bridgehead atoms. The molecule has 0 amide bonds. The summed E-state index contributed by atoms with van der Waals surface area (Å²) in [6, 6.07) is 10.2. The lowest BCUT2D eigenvalue weighted by molar-refractivity contribution is 0.0554. The fourth-order valence-corrected chi connectivity index (χ4v) is 2.90. The van der Waals surface area contributed by atoms with E-state index in [1.165, 1.54) is 0 Å². The number of aliphatic hydroxyl groups excluding tert-OH is 1. The lowest BCUT2D eigenvalue weighted by atomic mass is 10.0. The summed E-state index contributed by atoms with van der Waals surface area (Å²) in [6.45, 7) is 3.13. The fourth-order valence-electron chi connectivity index (χ4n) is 2.90. The quantitative estimate of drug-likeness (QED) is 0.930. The van der Waals surface area contributed by atoms with Gasteiger partial charge in [-0.15, -0.1) is 0 Å². The van der Waals surface area contributed by atoms with E-state index in [2.05, 4.69) is 23.9 Å². The summed E-state index contributed by atoms with van der Waals surface area (Å²) in [7, 11) is 4.26. The first-order chi connectivity index (χ1) is 9.63. The molecule has 2 unspecified atom stereocenters. The molecule has 1 N–H and O–H groups in total. The van der Waals surface area contributed by atoms with Crippen LogP contribution in [-0.2, 0) is 0 Å². The number of nitrogens with zero attached hydrogens (tertiary/aromatic N) is 2. The molecular weight excluding hydrogens is 252 g/mol. The van der Waals surface area contributed by atoms with E-state index in [1.54, 1.807) is 0 Å². The molecule has 1 aliphatic heterocycles. The van der Waals surface area contributed by atoms with E-state index in [1.807, 2.05) is 30.3 Å². The Kier molecular flexibility index (Phi) is 3.78. The number of fused-ring (bicyclic) bond motifs is 1. The van der Waals surface area contributed by atoms with Crippen molar-refractivity contribution in [2.45, 2.75) is 18.6 Å². The standard InChI is InChI=1S/C16H22N2O2/c1-17-7-8-18(2)13(11-17)10-14(19)16-9-12-5-3-4-6-15(12)20-16/h3-6,9,13-14,19H,7-8,10-11H2,1-2H3. The van der Waals surface area contributed by atoms with Gasteiger partial charge in [0.1, 0.15) is 17.4 Å². The maximum atomic E-state index is 10.4. The predicted octanol–water partition coefficient (Wildman–Crippen LogP) is 2.10. The highest BCUT2D eigenvalue weighted by Crippen LogP contribution is 2.27. The van der Waals surface area contributed by atoms with Crippen molar-refractivity contribution in [1.82, 2.24) is 9.80 Å². The Hall–Kier alpha value is -1.36. The summed E-state index contributed by atoms with van der Waals surface area (Å²) >= 11 is 0. The summed E-state index contributed by atoms with van der Waals surface area (Å²) in [4.78, 5) is 4.64. The van der Waals surface area contributed by atoms with Gasteiger partial charge in [-0.05, 0) is 32.6 Å². The number of piperazine rings is 1. The van der Waals surface area contributed by atoms with Crippen LogP contribution < -0.4 is 0 Å². The zero-order chi connectivity index (χ0) is 14.1. The number of hydrogen-bond donors (Lipinski definition) is 1. The summed E-state index contributed by atoms with van der Waals surface area (Å²) in [6.07, 6.45) is 0.169. The third kappa shape index (κ3) is 2.73. The van der Waals surface area contributed by atoms with Crippen molar-refractivity contribution < 1.29 is 9.52 Å². The van der Waals surface area contributed by atoms with Crippen molar-refractivity contribution in [3.8, 4) is 0 Å². The van der Waals surface area contributed by atoms with Crippen molar-refractivity contribution in [1.29, 1.82) is 0 Å². The largest absolute Gasteiger partial charge is 0.458 e. The monoisotopic (exact) mass is 274 g/mol. The van der Waals surface area contributed by atoms with E-state index in [0.717, 1.165) is 30.6 Å². The Morgan fingerprint density at radius 2 is 2.10 bits per heavy atom. The Labute approximate surface area is 119 Å². The lowest BCUT2D eigenvalue weighted by Gasteiger charge is -2.38. The first-order valence-electron chi connectivity index (χ1n) is 7.19. The second-order valence-corrected chi connectivity index (χ2v) is 5.83. The number of hydrogen-bond acceptors (Lipinski definition) is 4. The second kappa shape index (κ2) is 5.56. The molecule has 3 rings (SSSR count). The summed E-state index contributed by atoms with van der Waals surface area (Å²) in [5.74, 6) is 0.674. The summed E-state index contributed by atoms with van der Waals surface area (Å²) in [5, 5.41) is 11.5. The van der Waals surface area contributed by atoms with Crippen LogP contribution in [0.1, 0.15) is 18.3 Å². The molecule has 0 aliphatic carbocycles. The maximum absolute atomic E-state index is 10.4. The van der Waals surface area contributed by atoms with Gasteiger partial charge in [-0.1, -0.05) is 18.2 Å². The van der Waals surface area contributed by atoms with Crippen molar-refractivity contribution in [3.63, 3.8) is 0 Å². The van der Waals surface area contributed by atoms with Gasteiger partial charge in [0.2, 0.25) is 0 Å². The smallest absolute Gasteiger partial charge is 0.134 e. The minimum atomic E-state index is -0.540. The molecule has 4 heteroatoms. The van der Waals surface area contributed by atoms with Gasteiger partial charge in [-0.3, -0.25) is 0 Å². The average Bonchev–Trinajstić information content (AvgIpc) is 2.87. The molecule has 108 valence electrons. The Balaban J connectivity index is 1.73. The number of aliphatic hydroxyl groups is 1. The molecule has 1 fully saturated rings. The topological polar surface area (TPSA) is 39.9 Å². The van der Waals surface area contributed by atoms with Gasteiger partial charge >= 0.3 is 0 Å². The second-order valence-electron chi connectivity index (χ2n) is 5.83. The highest BCUT2D eigenvalue weighted by Gasteiger charge is 2.26. The van der Waals surface area contributed by atoms with E-state index < -0.39 is 6.10 Å². The highest BCUT2D eigenvalue weighted by atomic mass is 16.4. The zero-order valence-electron chi connectivity index (χ0n) is 12.1. The fraction of sp³-hybridized carbons (Fsp3) is 0.500. The number of para-hydroxylation sites is 1. The first kappa shape index (κ1) is 13.6. The van der Waals surface area contributed by atoms with E-state index >= 15 is 0 Å². The van der Waals surface area contributed by atoms with Crippen molar-refractivity contribution in [2.75, 3.05) is 33.7 Å². The van der Waals surface area contributed by atoms with Crippen molar-refractivity contribution in [3.05, 3.63) is 36.1 Å². The summed E-state index contributed by atoms with van der Waals surface area (Å²) in [5.41, 5.74) is 0.843. The maximum Gasteiger partial charge on any atom is 0.134 e. The van der Waals surface area contributed by atoms with Crippen LogP contribution in [0.25, 0.3) is 11.0 Å². The number of furan rings is 1. The van der Waals surface area contributed by atoms with Crippen LogP contribution in [0.3, 0.4) is 0 Å². The molecule has 0 radical (unpaired) electrons. The molecular formula is C16H22N2O2. The van der Waals surface area contributed by atoms with Gasteiger partial charge in [-0.2, -0.15) is 0 Å². The number of rotatable bonds is 3. The molecule has 20 heavy (non-hydrogen) atoms. The van der Waals surface area contributed by atoms with E-state index in [9.17, 15) is 5.11 Å². The van der Waals surface area contributed by atoms with Crippen LogP contribution in [0.15, 0.2) is 34.7 Å². The van der Waals surface area contributed by atoms with Crippen molar-refractivity contribution in [2.24, 2.45) is 0 Å². The van der Waals surface area contributed by atoms with E-state index in [4.69, 9.17) is 4.42 Å². The molecule has 4 nitrogen and oxygen atoms in total. The van der Waals surface area contributed by atoms with Crippen LogP contribution in [0, 0.1) is 0 Å². The third-order valence-electron chi connectivity index (χ3n) is 4.25. The molecule has 1 saturated heterocycles. The lowest BCUT2D eigenvalue weighted by Crippen LogP contribution is -2.50. The molecule has 0 saturated carbocycles. The van der Waals surface area contributed by atoms with Crippen LogP contribution >= 0.6 is 0 Å². The van der Waals surface area contributed by atoms with Gasteiger partial charge in [0.15, 0.2) is 0 Å². The first-order valence-corrected chi connectivity index (χ1v) is 7.19. The van der Waals surface area contributed by atoms with Crippen molar-refractivity contribution >= 4 is 11.0 Å². The minimum absolute atomic E-state index is 0.372. The zero-order valence-corrected chi connectivity index (χ0v) is 12.1. The van der Waals surface area contributed by atoms with Gasteiger partial charge in [-0.25, -0.2) is 0 Å². The molecule has 2 atom stereocenters. The summed E-state index contributed by atoms with van der Waals surface area (Å²) < 4.78 is 5.75. The van der Waals surface area contributed by atoms with Crippen LogP contribution in [-0.4, -0.2) is 54.7 Å². The highest BCUT2D eigenvalue weighted by molar-refractivity contribution is 5.77. The Morgan fingerprint density at radius 3 is 2.90 bits per heavy atom. The van der Waals surface area contributed by atoms with E-state index in [0.29, 0.717) is 18.2 Å². The van der Waals surface area contributed by atoms with Gasteiger partial charge < -0.3 is 19.3 Å². The van der Waals surface area contributed by atoms with Crippen LogP contribution in [0.2, 0.25) is 0 Å². The molecule has 1 aromatic carbocycles. The van der Waals surface area contributed by atoms with Gasteiger partial charge in [0.05, 0.1) is 0 Å². The molecule has 1 aliphatic rings. The average molecular weight is 274 g/mol.